The lowest BCUT2D eigenvalue weighted by molar-refractivity contribution is -0.117. The monoisotopic (exact) mass is 532 g/mol. The minimum atomic E-state index is -0.00558. The molecule has 2 aromatic carbocycles. The molecule has 0 saturated carbocycles. The van der Waals surface area contributed by atoms with Crippen LogP contribution in [0, 0.1) is 0 Å². The van der Waals surface area contributed by atoms with Crippen LogP contribution in [0.5, 0.6) is 5.75 Å². The zero-order valence-corrected chi connectivity index (χ0v) is 23.2. The second-order valence-electron chi connectivity index (χ2n) is 10.3. The zero-order valence-electron chi connectivity index (χ0n) is 23.2. The molecular weight excluding hydrogens is 492 g/mol. The van der Waals surface area contributed by atoms with Gasteiger partial charge in [0.15, 0.2) is 0 Å². The molecule has 2 saturated heterocycles. The number of fused-ring (bicyclic) bond motifs is 1. The second-order valence-corrected chi connectivity index (χ2v) is 10.3. The summed E-state index contributed by atoms with van der Waals surface area (Å²) < 4.78 is 10.9. The number of hydrogen-bond donors (Lipinski definition) is 1. The van der Waals surface area contributed by atoms with Crippen LogP contribution in [-0.4, -0.2) is 110 Å². The quantitative estimate of drug-likeness (QED) is 0.427. The minimum Gasteiger partial charge on any atom is -0.497 e. The van der Waals surface area contributed by atoms with Gasteiger partial charge in [-0.3, -0.25) is 14.6 Å². The third kappa shape index (κ3) is 7.30. The molecule has 3 aromatic rings. The van der Waals surface area contributed by atoms with Crippen LogP contribution in [0.15, 0.2) is 42.6 Å². The molecule has 0 unspecified atom stereocenters. The molecule has 39 heavy (non-hydrogen) atoms. The maximum absolute atomic E-state index is 13.2. The maximum atomic E-state index is 13.2. The summed E-state index contributed by atoms with van der Waals surface area (Å²) in [6, 6.07) is 12.0. The number of aryl methyl sites for hydroxylation is 1. The lowest BCUT2D eigenvalue weighted by Gasteiger charge is -2.35. The van der Waals surface area contributed by atoms with Gasteiger partial charge in [-0.05, 0) is 55.2 Å². The summed E-state index contributed by atoms with van der Waals surface area (Å²) in [7, 11) is 1.66. The fraction of sp³-hybridized carbons (Fsp3) is 0.500. The number of piperazine rings is 1. The lowest BCUT2D eigenvalue weighted by atomic mass is 10.0. The van der Waals surface area contributed by atoms with E-state index in [-0.39, 0.29) is 5.91 Å². The molecule has 0 radical (unpaired) electrons. The average molecular weight is 533 g/mol. The standard InChI is InChI=1S/C30H40N6O3/c1-3-29-31-8-7-27(32-29)24-19-23-5-6-25(38-2)21-26(23)28(20-24)33-30(37)22-36-13-11-34(12-14-36)9-4-10-35-15-17-39-18-16-35/h5-8,19-21H,3-4,9-18,22H2,1-2H3,(H,33,37). The molecule has 1 N–H and O–H groups in total. The number of hydrogen-bond acceptors (Lipinski definition) is 8. The van der Waals surface area contributed by atoms with Crippen LogP contribution >= 0.6 is 0 Å². The van der Waals surface area contributed by atoms with Crippen molar-refractivity contribution < 1.29 is 14.3 Å². The predicted octanol–water partition coefficient (Wildman–Crippen LogP) is 3.15. The maximum Gasteiger partial charge on any atom is 0.238 e. The Morgan fingerprint density at radius 3 is 2.46 bits per heavy atom. The molecular formula is C30H40N6O3. The van der Waals surface area contributed by atoms with Crippen molar-refractivity contribution in [1.82, 2.24) is 24.7 Å². The van der Waals surface area contributed by atoms with E-state index in [2.05, 4.69) is 31.1 Å². The average Bonchev–Trinajstić information content (AvgIpc) is 2.98. The summed E-state index contributed by atoms with van der Waals surface area (Å²) in [6.45, 7) is 12.3. The molecule has 0 atom stereocenters. The summed E-state index contributed by atoms with van der Waals surface area (Å²) in [6.07, 6.45) is 3.74. The van der Waals surface area contributed by atoms with Gasteiger partial charge >= 0.3 is 0 Å². The number of rotatable bonds is 10. The van der Waals surface area contributed by atoms with Crippen LogP contribution in [0.25, 0.3) is 22.0 Å². The fourth-order valence-electron chi connectivity index (χ4n) is 5.35. The van der Waals surface area contributed by atoms with E-state index >= 15 is 0 Å². The van der Waals surface area contributed by atoms with Gasteiger partial charge in [0.1, 0.15) is 11.6 Å². The van der Waals surface area contributed by atoms with Gasteiger partial charge in [-0.25, -0.2) is 9.97 Å². The van der Waals surface area contributed by atoms with Crippen molar-refractivity contribution in [2.24, 2.45) is 0 Å². The summed E-state index contributed by atoms with van der Waals surface area (Å²) in [4.78, 5) is 29.5. The van der Waals surface area contributed by atoms with Gasteiger partial charge in [-0.15, -0.1) is 0 Å². The largest absolute Gasteiger partial charge is 0.497 e. The topological polar surface area (TPSA) is 83.1 Å². The van der Waals surface area contributed by atoms with Crippen molar-refractivity contribution in [2.45, 2.75) is 19.8 Å². The first kappa shape index (κ1) is 27.5. The molecule has 5 rings (SSSR count). The highest BCUT2D eigenvalue weighted by molar-refractivity contribution is 6.05. The van der Waals surface area contributed by atoms with Crippen LogP contribution < -0.4 is 10.1 Å². The molecule has 2 fully saturated rings. The van der Waals surface area contributed by atoms with E-state index in [1.807, 2.05) is 37.3 Å². The molecule has 1 amide bonds. The Balaban J connectivity index is 1.21. The Labute approximate surface area is 231 Å². The number of benzene rings is 2. The van der Waals surface area contributed by atoms with Crippen molar-refractivity contribution in [2.75, 3.05) is 84.5 Å². The molecule has 9 nitrogen and oxygen atoms in total. The number of methoxy groups -OCH3 is 1. The summed E-state index contributed by atoms with van der Waals surface area (Å²) in [5.41, 5.74) is 2.57. The smallest absolute Gasteiger partial charge is 0.238 e. The third-order valence-electron chi connectivity index (χ3n) is 7.64. The third-order valence-corrected chi connectivity index (χ3v) is 7.64. The van der Waals surface area contributed by atoms with Gasteiger partial charge < -0.3 is 19.7 Å². The number of nitrogens with one attached hydrogen (secondary N) is 1. The van der Waals surface area contributed by atoms with Gasteiger partial charge in [-0.1, -0.05) is 13.0 Å². The zero-order chi connectivity index (χ0) is 27.0. The Hall–Kier alpha value is -3.11. The van der Waals surface area contributed by atoms with E-state index in [1.54, 1.807) is 13.3 Å². The normalized spacial score (nSPS) is 17.4. The van der Waals surface area contributed by atoms with E-state index in [0.29, 0.717) is 6.54 Å². The Kier molecular flexibility index (Phi) is 9.36. The van der Waals surface area contributed by atoms with E-state index in [0.717, 1.165) is 111 Å². The van der Waals surface area contributed by atoms with E-state index < -0.39 is 0 Å². The molecule has 2 aliphatic rings. The molecule has 3 heterocycles. The number of carbonyl (C=O) groups excluding carboxylic acids is 1. The summed E-state index contributed by atoms with van der Waals surface area (Å²) >= 11 is 0. The number of aromatic nitrogens is 2. The Morgan fingerprint density at radius 2 is 1.72 bits per heavy atom. The number of anilines is 1. The molecule has 0 spiro atoms. The number of nitrogens with zero attached hydrogens (tertiary/aromatic N) is 5. The number of amides is 1. The van der Waals surface area contributed by atoms with Crippen LogP contribution in [0.1, 0.15) is 19.2 Å². The molecule has 2 aliphatic heterocycles. The highest BCUT2D eigenvalue weighted by Gasteiger charge is 2.20. The Bertz CT molecular complexity index is 1250. The minimum absolute atomic E-state index is 0.00558. The predicted molar refractivity (Wildman–Crippen MR) is 154 cm³/mol. The van der Waals surface area contributed by atoms with Crippen molar-refractivity contribution in [1.29, 1.82) is 0 Å². The first-order valence-corrected chi connectivity index (χ1v) is 14.1. The summed E-state index contributed by atoms with van der Waals surface area (Å²) in [5, 5.41) is 5.16. The van der Waals surface area contributed by atoms with Gasteiger partial charge in [0.25, 0.3) is 0 Å². The number of carbonyl (C=O) groups is 1. The van der Waals surface area contributed by atoms with E-state index in [1.165, 1.54) is 6.42 Å². The number of morpholine rings is 1. The fourth-order valence-corrected chi connectivity index (χ4v) is 5.35. The lowest BCUT2D eigenvalue weighted by Crippen LogP contribution is -2.49. The van der Waals surface area contributed by atoms with E-state index in [4.69, 9.17) is 14.5 Å². The molecule has 0 aliphatic carbocycles. The van der Waals surface area contributed by atoms with Crippen LogP contribution in [0.4, 0.5) is 5.69 Å². The second kappa shape index (κ2) is 13.3. The van der Waals surface area contributed by atoms with Crippen LogP contribution in [0.3, 0.4) is 0 Å². The van der Waals surface area contributed by atoms with Gasteiger partial charge in [0.05, 0.1) is 32.6 Å². The van der Waals surface area contributed by atoms with E-state index in [9.17, 15) is 4.79 Å². The highest BCUT2D eigenvalue weighted by Crippen LogP contribution is 2.33. The number of ether oxygens (including phenoxy) is 2. The molecule has 0 bridgehead atoms. The van der Waals surface area contributed by atoms with Crippen LogP contribution in [0.2, 0.25) is 0 Å². The van der Waals surface area contributed by atoms with Crippen molar-refractivity contribution >= 4 is 22.4 Å². The van der Waals surface area contributed by atoms with Gasteiger partial charge in [-0.2, -0.15) is 0 Å². The first-order chi connectivity index (χ1) is 19.1. The van der Waals surface area contributed by atoms with Crippen molar-refractivity contribution in [3.63, 3.8) is 0 Å². The highest BCUT2D eigenvalue weighted by atomic mass is 16.5. The Morgan fingerprint density at radius 1 is 0.974 bits per heavy atom. The molecule has 208 valence electrons. The first-order valence-electron chi connectivity index (χ1n) is 14.1. The van der Waals surface area contributed by atoms with Crippen molar-refractivity contribution in [3.05, 3.63) is 48.4 Å². The summed E-state index contributed by atoms with van der Waals surface area (Å²) in [5.74, 6) is 1.55. The van der Waals surface area contributed by atoms with Crippen LogP contribution in [-0.2, 0) is 16.0 Å². The van der Waals surface area contributed by atoms with Crippen molar-refractivity contribution in [3.8, 4) is 17.0 Å². The molecule has 1 aromatic heterocycles. The molecule has 9 heteroatoms. The van der Waals surface area contributed by atoms with Gasteiger partial charge in [0, 0.05) is 68.5 Å². The van der Waals surface area contributed by atoms with Gasteiger partial charge in [0.2, 0.25) is 5.91 Å². The SMILES string of the molecule is CCc1nccc(-c2cc(NC(=O)CN3CCN(CCCN4CCOCC4)CC3)c3cc(OC)ccc3c2)n1.